The molecular weight excluding hydrogens is 480 g/mol. The van der Waals surface area contributed by atoms with E-state index in [2.05, 4.69) is 0 Å². The highest BCUT2D eigenvalue weighted by atomic mass is 16.7. The highest BCUT2D eigenvalue weighted by Crippen LogP contribution is 2.46. The van der Waals surface area contributed by atoms with Crippen LogP contribution in [0.25, 0.3) is 0 Å². The Hall–Kier alpha value is -3.00. The van der Waals surface area contributed by atoms with E-state index in [1.807, 2.05) is 0 Å². The molecule has 0 spiro atoms. The van der Waals surface area contributed by atoms with Crippen molar-refractivity contribution in [3.63, 3.8) is 0 Å². The Morgan fingerprint density at radius 3 is 2.11 bits per heavy atom. The van der Waals surface area contributed by atoms with Crippen LogP contribution in [-0.4, -0.2) is 95.4 Å². The third kappa shape index (κ3) is 4.71. The lowest BCUT2D eigenvalue weighted by molar-refractivity contribution is -0.277. The highest BCUT2D eigenvalue weighted by molar-refractivity contribution is 5.56. The van der Waals surface area contributed by atoms with E-state index in [0.717, 1.165) is 0 Å². The van der Waals surface area contributed by atoms with Crippen LogP contribution >= 0.6 is 0 Å². The third-order valence-corrected chi connectivity index (χ3v) is 6.32. The van der Waals surface area contributed by atoms with E-state index in [4.69, 9.17) is 28.4 Å². The fraction of sp³-hybridized carbons (Fsp3) is 0.500. The average Bonchev–Trinajstić information content (AvgIpc) is 2.88. The number of methoxy groups -OCH3 is 3. The first-order chi connectivity index (χ1) is 17.2. The molecule has 0 bridgehead atoms. The van der Waals surface area contributed by atoms with E-state index < -0.39 is 49.5 Å². The molecule has 1 fully saturated rings. The zero-order valence-electron chi connectivity index (χ0n) is 19.9. The molecule has 2 aliphatic rings. The molecule has 6 N–H and O–H groups in total. The molecule has 2 heterocycles. The van der Waals surface area contributed by atoms with Gasteiger partial charge in [-0.15, -0.1) is 0 Å². The van der Waals surface area contributed by atoms with Crippen molar-refractivity contribution in [1.29, 1.82) is 0 Å². The Kier molecular flexibility index (Phi) is 7.64. The minimum absolute atomic E-state index is 0.0578. The summed E-state index contributed by atoms with van der Waals surface area (Å²) < 4.78 is 33.2. The van der Waals surface area contributed by atoms with Crippen LogP contribution in [0, 0.1) is 0 Å². The number of aliphatic hydroxyl groups excluding tert-OH is 5. The summed E-state index contributed by atoms with van der Waals surface area (Å²) in [5.41, 5.74) is 0.924. The van der Waals surface area contributed by atoms with Gasteiger partial charge in [0.15, 0.2) is 17.6 Å². The zero-order valence-corrected chi connectivity index (χ0v) is 19.9. The van der Waals surface area contributed by atoms with Crippen LogP contribution in [0.1, 0.15) is 17.2 Å². The van der Waals surface area contributed by atoms with Gasteiger partial charge in [-0.3, -0.25) is 0 Å². The van der Waals surface area contributed by atoms with Gasteiger partial charge in [-0.05, 0) is 12.1 Å². The first-order valence-electron chi connectivity index (χ1n) is 11.2. The number of hydrogen-bond donors (Lipinski definition) is 6. The van der Waals surface area contributed by atoms with Gasteiger partial charge in [-0.25, -0.2) is 0 Å². The van der Waals surface area contributed by atoms with Gasteiger partial charge in [-0.1, -0.05) is 0 Å². The smallest absolute Gasteiger partial charge is 0.229 e. The van der Waals surface area contributed by atoms with E-state index in [1.54, 1.807) is 6.07 Å². The Balaban J connectivity index is 1.67. The summed E-state index contributed by atoms with van der Waals surface area (Å²) in [5, 5.41) is 61.2. The van der Waals surface area contributed by atoms with Gasteiger partial charge in [0.25, 0.3) is 0 Å². The van der Waals surface area contributed by atoms with Gasteiger partial charge in [-0.2, -0.15) is 0 Å². The number of fused-ring (bicyclic) bond motifs is 1. The minimum atomic E-state index is -1.62. The molecule has 198 valence electrons. The summed E-state index contributed by atoms with van der Waals surface area (Å²) in [6.45, 7) is -0.607. The van der Waals surface area contributed by atoms with Crippen molar-refractivity contribution in [1.82, 2.24) is 0 Å². The lowest BCUT2D eigenvalue weighted by Crippen LogP contribution is -2.60. The van der Waals surface area contributed by atoms with E-state index in [-0.39, 0.29) is 29.4 Å². The quantitative estimate of drug-likeness (QED) is 0.285. The standard InChI is InChI=1S/C24H30O12/c1-31-11-6-14-12(15(7-11)35-24-22(30)21(29)20(28)18(9-25)36-24)8-13(26)23(34-14)10-4-16(32-2)19(27)17(5-10)33-3/h4-7,13,18,20-30H,8-9H2,1-3H3/t13-,18?,20+,21?,22-,23+,24+/m0/s1. The Morgan fingerprint density at radius 1 is 0.861 bits per heavy atom. The summed E-state index contributed by atoms with van der Waals surface area (Å²) in [4.78, 5) is 0. The normalized spacial score (nSPS) is 29.6. The molecule has 36 heavy (non-hydrogen) atoms. The van der Waals surface area contributed by atoms with Crippen molar-refractivity contribution < 1.29 is 59.1 Å². The number of benzene rings is 2. The minimum Gasteiger partial charge on any atom is -0.502 e. The zero-order chi connectivity index (χ0) is 26.1. The monoisotopic (exact) mass is 510 g/mol. The summed E-state index contributed by atoms with van der Waals surface area (Å²) in [6, 6.07) is 6.16. The van der Waals surface area contributed by atoms with Gasteiger partial charge < -0.3 is 59.1 Å². The maximum Gasteiger partial charge on any atom is 0.229 e. The van der Waals surface area contributed by atoms with E-state index in [9.17, 15) is 30.6 Å². The Morgan fingerprint density at radius 2 is 1.53 bits per heavy atom. The van der Waals surface area contributed by atoms with Gasteiger partial charge in [0, 0.05) is 29.7 Å². The Labute approximate surface area is 206 Å². The van der Waals surface area contributed by atoms with E-state index in [1.165, 1.54) is 39.5 Å². The topological polar surface area (TPSA) is 177 Å². The lowest BCUT2D eigenvalue weighted by Gasteiger charge is -2.40. The number of phenolic OH excluding ortho intramolecular Hbond substituents is 1. The SMILES string of the molecule is COc1cc(O[C@@H]2OC(CO)[C@@H](O)C(O)[C@@H]2O)c2c(c1)O[C@H](c1cc(OC)c(O)c(OC)c1)[C@@H](O)C2. The van der Waals surface area contributed by atoms with Gasteiger partial charge >= 0.3 is 0 Å². The summed E-state index contributed by atoms with van der Waals surface area (Å²) in [6.07, 6.45) is -9.23. The van der Waals surface area contributed by atoms with Gasteiger partial charge in [0.2, 0.25) is 12.0 Å². The molecule has 12 nitrogen and oxygen atoms in total. The van der Waals surface area contributed by atoms with E-state index in [0.29, 0.717) is 22.6 Å². The molecule has 2 aromatic rings. The number of aromatic hydroxyl groups is 1. The largest absolute Gasteiger partial charge is 0.502 e. The van der Waals surface area contributed by atoms with Gasteiger partial charge in [0.05, 0.1) is 34.0 Å². The van der Waals surface area contributed by atoms with Gasteiger partial charge in [0.1, 0.15) is 41.7 Å². The number of ether oxygens (including phenoxy) is 6. The van der Waals surface area contributed by atoms with Crippen LogP contribution in [-0.2, 0) is 11.2 Å². The first-order valence-corrected chi connectivity index (χ1v) is 11.2. The first kappa shape index (κ1) is 26.1. The second kappa shape index (κ2) is 10.5. The summed E-state index contributed by atoms with van der Waals surface area (Å²) in [7, 11) is 4.21. The summed E-state index contributed by atoms with van der Waals surface area (Å²) in [5.74, 6) is 0.893. The van der Waals surface area contributed by atoms with Crippen molar-refractivity contribution >= 4 is 0 Å². The van der Waals surface area contributed by atoms with Crippen LogP contribution in [0.3, 0.4) is 0 Å². The number of hydrogen-bond acceptors (Lipinski definition) is 12. The van der Waals surface area contributed by atoms with Crippen molar-refractivity contribution in [2.75, 3.05) is 27.9 Å². The molecule has 2 unspecified atom stereocenters. The average molecular weight is 510 g/mol. The van der Waals surface area contributed by atoms with Crippen molar-refractivity contribution in [3.05, 3.63) is 35.4 Å². The molecule has 1 saturated heterocycles. The molecule has 0 aromatic heterocycles. The molecular formula is C24H30O12. The molecule has 0 saturated carbocycles. The number of rotatable bonds is 7. The molecule has 0 aliphatic carbocycles. The van der Waals surface area contributed by atoms with Crippen molar-refractivity contribution in [2.45, 2.75) is 49.3 Å². The molecule has 0 radical (unpaired) electrons. The number of phenols is 1. The van der Waals surface area contributed by atoms with Crippen LogP contribution in [0.15, 0.2) is 24.3 Å². The molecule has 2 aromatic carbocycles. The second-order valence-electron chi connectivity index (χ2n) is 8.50. The predicted molar refractivity (Wildman–Crippen MR) is 122 cm³/mol. The number of aliphatic hydroxyl groups is 5. The highest BCUT2D eigenvalue weighted by Gasteiger charge is 2.45. The van der Waals surface area contributed by atoms with Crippen LogP contribution in [0.2, 0.25) is 0 Å². The van der Waals surface area contributed by atoms with Crippen LogP contribution in [0.4, 0.5) is 0 Å². The summed E-state index contributed by atoms with van der Waals surface area (Å²) >= 11 is 0. The maximum absolute atomic E-state index is 11.0. The van der Waals surface area contributed by atoms with Crippen LogP contribution in [0.5, 0.6) is 34.5 Å². The third-order valence-electron chi connectivity index (χ3n) is 6.32. The molecule has 0 amide bonds. The molecule has 2 aliphatic heterocycles. The fourth-order valence-corrected chi connectivity index (χ4v) is 4.31. The molecule has 7 atom stereocenters. The molecule has 4 rings (SSSR count). The Bertz CT molecular complexity index is 1050. The fourth-order valence-electron chi connectivity index (χ4n) is 4.31. The predicted octanol–water partition coefficient (Wildman–Crippen LogP) is -0.366. The van der Waals surface area contributed by atoms with Crippen molar-refractivity contribution in [2.24, 2.45) is 0 Å². The van der Waals surface area contributed by atoms with Crippen molar-refractivity contribution in [3.8, 4) is 34.5 Å². The maximum atomic E-state index is 11.0. The lowest BCUT2D eigenvalue weighted by atomic mass is 9.93. The van der Waals surface area contributed by atoms with Crippen LogP contribution < -0.4 is 23.7 Å². The molecule has 12 heteroatoms. The second-order valence-corrected chi connectivity index (χ2v) is 8.50. The van der Waals surface area contributed by atoms with E-state index >= 15 is 0 Å².